The molecular formula is C12H23Cl. The third kappa shape index (κ3) is 2.87. The van der Waals surface area contributed by atoms with Gasteiger partial charge in [0.05, 0.1) is 0 Å². The molecule has 0 aliphatic heterocycles. The molecule has 1 aliphatic carbocycles. The quantitative estimate of drug-likeness (QED) is 0.551. The lowest BCUT2D eigenvalue weighted by Gasteiger charge is -2.41. The van der Waals surface area contributed by atoms with Gasteiger partial charge in [-0.05, 0) is 42.4 Å². The highest BCUT2D eigenvalue weighted by molar-refractivity contribution is 6.18. The Hall–Kier alpha value is 0.290. The van der Waals surface area contributed by atoms with Crippen LogP contribution in [-0.2, 0) is 0 Å². The smallest absolute Gasteiger partial charge is 0.0277 e. The Morgan fingerprint density at radius 1 is 1.23 bits per heavy atom. The van der Waals surface area contributed by atoms with Gasteiger partial charge in [-0.1, -0.05) is 27.7 Å². The standard InChI is InChI=1S/C12H23Cl/c1-11(2,3)10-5-7-12(4,9-13)8-6-10/h10H,5-9H2,1-4H3. The molecule has 0 amide bonds. The van der Waals surface area contributed by atoms with Crippen molar-refractivity contribution >= 4 is 11.6 Å². The van der Waals surface area contributed by atoms with Crippen LogP contribution in [0.2, 0.25) is 0 Å². The molecule has 0 bridgehead atoms. The molecule has 0 aromatic heterocycles. The third-order valence-corrected chi connectivity index (χ3v) is 4.39. The van der Waals surface area contributed by atoms with Gasteiger partial charge in [-0.2, -0.15) is 0 Å². The average Bonchev–Trinajstić information content (AvgIpc) is 2.04. The lowest BCUT2D eigenvalue weighted by atomic mass is 9.65. The predicted molar refractivity (Wildman–Crippen MR) is 60.2 cm³/mol. The van der Waals surface area contributed by atoms with E-state index in [4.69, 9.17) is 11.6 Å². The molecule has 0 heterocycles. The van der Waals surface area contributed by atoms with E-state index in [1.54, 1.807) is 0 Å². The number of rotatable bonds is 1. The van der Waals surface area contributed by atoms with Crippen molar-refractivity contribution < 1.29 is 0 Å². The third-order valence-electron chi connectivity index (χ3n) is 3.74. The van der Waals surface area contributed by atoms with E-state index in [0.717, 1.165) is 11.8 Å². The van der Waals surface area contributed by atoms with Crippen molar-refractivity contribution in [2.45, 2.75) is 53.4 Å². The molecule has 0 atom stereocenters. The van der Waals surface area contributed by atoms with E-state index in [2.05, 4.69) is 27.7 Å². The fourth-order valence-corrected chi connectivity index (χ4v) is 2.58. The lowest BCUT2D eigenvalue weighted by Crippen LogP contribution is -2.31. The van der Waals surface area contributed by atoms with E-state index < -0.39 is 0 Å². The van der Waals surface area contributed by atoms with Gasteiger partial charge in [0.1, 0.15) is 0 Å². The zero-order valence-corrected chi connectivity index (χ0v) is 10.2. The molecule has 1 heteroatoms. The number of hydrogen-bond acceptors (Lipinski definition) is 0. The van der Waals surface area contributed by atoms with Crippen LogP contribution >= 0.6 is 11.6 Å². The first kappa shape index (κ1) is 11.4. The van der Waals surface area contributed by atoms with Gasteiger partial charge in [-0.25, -0.2) is 0 Å². The molecule has 0 aromatic carbocycles. The Balaban J connectivity index is 2.48. The Bertz CT molecular complexity index is 158. The molecule has 1 rings (SSSR count). The van der Waals surface area contributed by atoms with Crippen molar-refractivity contribution in [1.29, 1.82) is 0 Å². The van der Waals surface area contributed by atoms with E-state index in [1.807, 2.05) is 0 Å². The Kier molecular flexibility index (Phi) is 3.33. The first-order valence-corrected chi connectivity index (χ1v) is 5.97. The molecule has 0 nitrogen and oxygen atoms in total. The Morgan fingerprint density at radius 2 is 1.69 bits per heavy atom. The summed E-state index contributed by atoms with van der Waals surface area (Å²) in [6.07, 6.45) is 5.37. The van der Waals surface area contributed by atoms with Gasteiger partial charge < -0.3 is 0 Å². The SMILES string of the molecule is CC1(CCl)CCC(C(C)(C)C)CC1. The molecular weight excluding hydrogens is 180 g/mol. The second kappa shape index (κ2) is 3.81. The van der Waals surface area contributed by atoms with E-state index in [1.165, 1.54) is 25.7 Å². The zero-order chi connectivity index (χ0) is 10.1. The fraction of sp³-hybridized carbons (Fsp3) is 1.00. The van der Waals surface area contributed by atoms with Gasteiger partial charge in [-0.3, -0.25) is 0 Å². The van der Waals surface area contributed by atoms with Gasteiger partial charge >= 0.3 is 0 Å². The molecule has 1 fully saturated rings. The van der Waals surface area contributed by atoms with Crippen molar-refractivity contribution in [3.05, 3.63) is 0 Å². The van der Waals surface area contributed by atoms with Crippen LogP contribution < -0.4 is 0 Å². The summed E-state index contributed by atoms with van der Waals surface area (Å²) in [5, 5.41) is 0. The van der Waals surface area contributed by atoms with Gasteiger partial charge in [-0.15, -0.1) is 11.6 Å². The van der Waals surface area contributed by atoms with Gasteiger partial charge in [0.25, 0.3) is 0 Å². The second-order valence-corrected chi connectivity index (χ2v) is 6.35. The highest BCUT2D eigenvalue weighted by Crippen LogP contribution is 2.45. The topological polar surface area (TPSA) is 0 Å². The number of hydrogen-bond donors (Lipinski definition) is 0. The summed E-state index contributed by atoms with van der Waals surface area (Å²) in [6, 6.07) is 0. The van der Waals surface area contributed by atoms with Crippen molar-refractivity contribution in [2.75, 3.05) is 5.88 Å². The molecule has 0 unspecified atom stereocenters. The largest absolute Gasteiger partial charge is 0.126 e. The van der Waals surface area contributed by atoms with Crippen molar-refractivity contribution in [3.8, 4) is 0 Å². The average molecular weight is 203 g/mol. The minimum Gasteiger partial charge on any atom is -0.126 e. The van der Waals surface area contributed by atoms with Crippen LogP contribution in [0.25, 0.3) is 0 Å². The first-order chi connectivity index (χ1) is 5.87. The van der Waals surface area contributed by atoms with Crippen LogP contribution in [0.5, 0.6) is 0 Å². The van der Waals surface area contributed by atoms with E-state index in [0.29, 0.717) is 10.8 Å². The van der Waals surface area contributed by atoms with Crippen molar-refractivity contribution in [3.63, 3.8) is 0 Å². The maximum Gasteiger partial charge on any atom is 0.0277 e. The molecule has 13 heavy (non-hydrogen) atoms. The normalized spacial score (nSPS) is 36.2. The number of halogens is 1. The molecule has 0 aromatic rings. The van der Waals surface area contributed by atoms with Crippen LogP contribution in [0.3, 0.4) is 0 Å². The molecule has 0 saturated heterocycles. The molecule has 78 valence electrons. The summed E-state index contributed by atoms with van der Waals surface area (Å²) in [5.41, 5.74) is 0.928. The molecule has 1 saturated carbocycles. The maximum absolute atomic E-state index is 5.98. The Morgan fingerprint density at radius 3 is 2.00 bits per heavy atom. The molecule has 0 spiro atoms. The van der Waals surface area contributed by atoms with E-state index in [-0.39, 0.29) is 0 Å². The number of alkyl halides is 1. The molecule has 0 radical (unpaired) electrons. The minimum absolute atomic E-state index is 0.434. The summed E-state index contributed by atoms with van der Waals surface area (Å²) < 4.78 is 0. The predicted octanol–water partition coefficient (Wildman–Crippen LogP) is 4.47. The summed E-state index contributed by atoms with van der Waals surface area (Å²) in [6.45, 7) is 9.42. The minimum atomic E-state index is 0.434. The maximum atomic E-state index is 5.98. The van der Waals surface area contributed by atoms with Gasteiger partial charge in [0, 0.05) is 5.88 Å². The van der Waals surface area contributed by atoms with Gasteiger partial charge in [0.2, 0.25) is 0 Å². The highest BCUT2D eigenvalue weighted by Gasteiger charge is 2.34. The second-order valence-electron chi connectivity index (χ2n) is 6.08. The van der Waals surface area contributed by atoms with Crippen molar-refractivity contribution in [2.24, 2.45) is 16.7 Å². The summed E-state index contributed by atoms with van der Waals surface area (Å²) in [7, 11) is 0. The molecule has 1 aliphatic rings. The fourth-order valence-electron chi connectivity index (χ4n) is 2.31. The zero-order valence-electron chi connectivity index (χ0n) is 9.49. The lowest BCUT2D eigenvalue weighted by molar-refractivity contribution is 0.113. The highest BCUT2D eigenvalue weighted by atomic mass is 35.5. The summed E-state index contributed by atoms with van der Waals surface area (Å²) >= 11 is 5.98. The summed E-state index contributed by atoms with van der Waals surface area (Å²) in [4.78, 5) is 0. The van der Waals surface area contributed by atoms with Crippen LogP contribution in [0, 0.1) is 16.7 Å². The first-order valence-electron chi connectivity index (χ1n) is 5.43. The van der Waals surface area contributed by atoms with Crippen molar-refractivity contribution in [1.82, 2.24) is 0 Å². The molecule has 0 N–H and O–H groups in total. The summed E-state index contributed by atoms with van der Waals surface area (Å²) in [5.74, 6) is 1.74. The van der Waals surface area contributed by atoms with Crippen LogP contribution in [0.1, 0.15) is 53.4 Å². The van der Waals surface area contributed by atoms with E-state index >= 15 is 0 Å². The van der Waals surface area contributed by atoms with Crippen LogP contribution in [-0.4, -0.2) is 5.88 Å². The van der Waals surface area contributed by atoms with Crippen LogP contribution in [0.4, 0.5) is 0 Å². The monoisotopic (exact) mass is 202 g/mol. The van der Waals surface area contributed by atoms with Gasteiger partial charge in [0.15, 0.2) is 0 Å². The Labute approximate surface area is 88.1 Å². The van der Waals surface area contributed by atoms with E-state index in [9.17, 15) is 0 Å². The van der Waals surface area contributed by atoms with Crippen LogP contribution in [0.15, 0.2) is 0 Å².